The minimum Gasteiger partial charge on any atom is -0.508 e. The summed E-state index contributed by atoms with van der Waals surface area (Å²) in [5.74, 6) is -0.0794. The van der Waals surface area contributed by atoms with E-state index in [9.17, 15) is 15.0 Å². The zero-order valence-corrected chi connectivity index (χ0v) is 10.8. The highest BCUT2D eigenvalue weighted by atomic mass is 16.3. The normalized spacial score (nSPS) is 10.5. The molecular formula is C15H16N2O3. The lowest BCUT2D eigenvalue weighted by Crippen LogP contribution is -2.06. The van der Waals surface area contributed by atoms with Crippen LogP contribution in [0, 0.1) is 0 Å². The van der Waals surface area contributed by atoms with Gasteiger partial charge in [-0.3, -0.25) is 4.79 Å². The van der Waals surface area contributed by atoms with Gasteiger partial charge in [-0.05, 0) is 36.4 Å². The molecule has 0 aliphatic carbocycles. The Morgan fingerprint density at radius 2 is 1.25 bits per heavy atom. The summed E-state index contributed by atoms with van der Waals surface area (Å²) in [6.07, 6.45) is 0. The van der Waals surface area contributed by atoms with Crippen LogP contribution in [0.15, 0.2) is 36.4 Å². The average molecular weight is 272 g/mol. The molecule has 2 aromatic carbocycles. The average Bonchev–Trinajstić information content (AvgIpc) is 2.47. The molecule has 0 saturated carbocycles. The van der Waals surface area contributed by atoms with E-state index < -0.39 is 0 Å². The van der Waals surface area contributed by atoms with E-state index in [-0.39, 0.29) is 30.4 Å². The second-order valence-electron chi connectivity index (χ2n) is 4.42. The monoisotopic (exact) mass is 272 g/mol. The highest BCUT2D eigenvalue weighted by Gasteiger charge is 2.13. The summed E-state index contributed by atoms with van der Waals surface area (Å²) in [6.45, 7) is 0.299. The second kappa shape index (κ2) is 5.73. The zero-order valence-electron chi connectivity index (χ0n) is 10.8. The van der Waals surface area contributed by atoms with Crippen LogP contribution in [0.2, 0.25) is 0 Å². The van der Waals surface area contributed by atoms with Crippen LogP contribution in [0.25, 0.3) is 0 Å². The SMILES string of the molecule is NCc1cc(C(=O)c2ccc(O)c(CN)c2)ccc1O. The van der Waals surface area contributed by atoms with Crippen LogP contribution in [0.4, 0.5) is 0 Å². The number of phenols is 2. The Kier molecular flexibility index (Phi) is 4.02. The Balaban J connectivity index is 2.41. The largest absolute Gasteiger partial charge is 0.508 e. The number of hydrogen-bond acceptors (Lipinski definition) is 5. The molecule has 0 saturated heterocycles. The molecule has 104 valence electrons. The quantitative estimate of drug-likeness (QED) is 0.626. The molecule has 0 bridgehead atoms. The number of ketones is 1. The van der Waals surface area contributed by atoms with Crippen molar-refractivity contribution in [1.29, 1.82) is 0 Å². The molecule has 0 amide bonds. The van der Waals surface area contributed by atoms with Gasteiger partial charge in [0.1, 0.15) is 11.5 Å². The van der Waals surface area contributed by atoms with Crippen LogP contribution in [0.3, 0.4) is 0 Å². The first kappa shape index (κ1) is 14.0. The lowest BCUT2D eigenvalue weighted by molar-refractivity contribution is 0.103. The molecule has 6 N–H and O–H groups in total. The van der Waals surface area contributed by atoms with Gasteiger partial charge in [0.15, 0.2) is 5.78 Å². The summed E-state index contributed by atoms with van der Waals surface area (Å²) in [6, 6.07) is 9.08. The van der Waals surface area contributed by atoms with E-state index in [0.29, 0.717) is 22.3 Å². The third-order valence-electron chi connectivity index (χ3n) is 3.12. The number of carbonyl (C=O) groups is 1. The van der Waals surface area contributed by atoms with Gasteiger partial charge in [0.05, 0.1) is 0 Å². The van der Waals surface area contributed by atoms with E-state index in [1.807, 2.05) is 0 Å². The van der Waals surface area contributed by atoms with Crippen molar-refractivity contribution in [3.8, 4) is 11.5 Å². The summed E-state index contributed by atoms with van der Waals surface area (Å²) in [7, 11) is 0. The number of phenolic OH excluding ortho intramolecular Hbond substituents is 2. The van der Waals surface area contributed by atoms with Crippen molar-refractivity contribution in [2.45, 2.75) is 13.1 Å². The van der Waals surface area contributed by atoms with Crippen molar-refractivity contribution in [3.63, 3.8) is 0 Å². The molecule has 2 rings (SSSR count). The maximum atomic E-state index is 12.4. The summed E-state index contributed by atoms with van der Waals surface area (Å²) >= 11 is 0. The van der Waals surface area contributed by atoms with E-state index in [1.54, 1.807) is 12.1 Å². The molecule has 0 atom stereocenters. The number of carbonyl (C=O) groups excluding carboxylic acids is 1. The molecule has 2 aromatic rings. The van der Waals surface area contributed by atoms with Gasteiger partial charge in [-0.25, -0.2) is 0 Å². The molecule has 0 unspecified atom stereocenters. The molecule has 0 radical (unpaired) electrons. The van der Waals surface area contributed by atoms with Crippen LogP contribution in [0.1, 0.15) is 27.0 Å². The fourth-order valence-corrected chi connectivity index (χ4v) is 1.95. The summed E-state index contributed by atoms with van der Waals surface area (Å²) in [5.41, 5.74) is 12.9. The van der Waals surface area contributed by atoms with Crippen LogP contribution in [-0.4, -0.2) is 16.0 Å². The highest BCUT2D eigenvalue weighted by Crippen LogP contribution is 2.23. The van der Waals surface area contributed by atoms with Gasteiger partial charge in [-0.1, -0.05) is 0 Å². The Hall–Kier alpha value is -2.37. The van der Waals surface area contributed by atoms with Gasteiger partial charge in [-0.2, -0.15) is 0 Å². The van der Waals surface area contributed by atoms with Crippen LogP contribution in [-0.2, 0) is 13.1 Å². The third kappa shape index (κ3) is 2.64. The molecule has 0 fully saturated rings. The van der Waals surface area contributed by atoms with Gasteiger partial charge in [0.2, 0.25) is 0 Å². The van der Waals surface area contributed by atoms with Crippen molar-refractivity contribution < 1.29 is 15.0 Å². The summed E-state index contributed by atoms with van der Waals surface area (Å²) < 4.78 is 0. The first-order valence-corrected chi connectivity index (χ1v) is 6.15. The van der Waals surface area contributed by atoms with Crippen molar-refractivity contribution >= 4 is 5.78 Å². The number of rotatable bonds is 4. The predicted molar refractivity (Wildman–Crippen MR) is 75.4 cm³/mol. The van der Waals surface area contributed by atoms with Crippen LogP contribution in [0.5, 0.6) is 11.5 Å². The van der Waals surface area contributed by atoms with Gasteiger partial charge in [-0.15, -0.1) is 0 Å². The number of benzene rings is 2. The number of aromatic hydroxyl groups is 2. The predicted octanol–water partition coefficient (Wildman–Crippen LogP) is 1.25. The maximum Gasteiger partial charge on any atom is 0.193 e. The minimum atomic E-state index is -0.214. The highest BCUT2D eigenvalue weighted by molar-refractivity contribution is 6.09. The minimum absolute atomic E-state index is 0.0670. The zero-order chi connectivity index (χ0) is 14.7. The molecule has 20 heavy (non-hydrogen) atoms. The summed E-state index contributed by atoms with van der Waals surface area (Å²) in [4.78, 5) is 12.4. The first-order valence-electron chi connectivity index (χ1n) is 6.15. The molecular weight excluding hydrogens is 256 g/mol. The third-order valence-corrected chi connectivity index (χ3v) is 3.12. The molecule has 0 heterocycles. The Morgan fingerprint density at radius 1 is 0.850 bits per heavy atom. The Labute approximate surface area is 116 Å². The topological polar surface area (TPSA) is 110 Å². The fraction of sp³-hybridized carbons (Fsp3) is 0.133. The van der Waals surface area contributed by atoms with Gasteiger partial charge < -0.3 is 21.7 Å². The number of hydrogen-bond donors (Lipinski definition) is 4. The number of nitrogens with two attached hydrogens (primary N) is 2. The fourth-order valence-electron chi connectivity index (χ4n) is 1.95. The van der Waals surface area contributed by atoms with Gasteiger partial charge in [0.25, 0.3) is 0 Å². The Bertz CT molecular complexity index is 598. The van der Waals surface area contributed by atoms with E-state index in [2.05, 4.69) is 0 Å². The van der Waals surface area contributed by atoms with Crippen molar-refractivity contribution in [1.82, 2.24) is 0 Å². The molecule has 0 aliphatic rings. The molecule has 5 nitrogen and oxygen atoms in total. The lowest BCUT2D eigenvalue weighted by atomic mass is 9.99. The molecule has 0 spiro atoms. The van der Waals surface area contributed by atoms with Crippen LogP contribution >= 0.6 is 0 Å². The molecule has 5 heteroatoms. The van der Waals surface area contributed by atoms with E-state index in [1.165, 1.54) is 24.3 Å². The first-order chi connectivity index (χ1) is 9.56. The van der Waals surface area contributed by atoms with E-state index >= 15 is 0 Å². The lowest BCUT2D eigenvalue weighted by Gasteiger charge is -2.08. The van der Waals surface area contributed by atoms with E-state index in [0.717, 1.165) is 0 Å². The standard InChI is InChI=1S/C15H16N2O3/c16-7-11-5-9(1-3-13(11)18)15(20)10-2-4-14(19)12(6-10)8-17/h1-6,18-19H,7-8,16-17H2. The van der Waals surface area contributed by atoms with Crippen molar-refractivity contribution in [2.75, 3.05) is 0 Å². The molecule has 0 aromatic heterocycles. The van der Waals surface area contributed by atoms with Gasteiger partial charge >= 0.3 is 0 Å². The maximum absolute atomic E-state index is 12.4. The smallest absolute Gasteiger partial charge is 0.193 e. The molecule has 0 aliphatic heterocycles. The summed E-state index contributed by atoms with van der Waals surface area (Å²) in [5, 5.41) is 19.1. The van der Waals surface area contributed by atoms with Crippen LogP contribution < -0.4 is 11.5 Å². The van der Waals surface area contributed by atoms with Crippen molar-refractivity contribution in [2.24, 2.45) is 11.5 Å². The Morgan fingerprint density at radius 3 is 1.60 bits per heavy atom. The second-order valence-corrected chi connectivity index (χ2v) is 4.42. The van der Waals surface area contributed by atoms with Gasteiger partial charge in [0, 0.05) is 35.3 Å². The van der Waals surface area contributed by atoms with E-state index in [4.69, 9.17) is 11.5 Å². The van der Waals surface area contributed by atoms with Crippen molar-refractivity contribution in [3.05, 3.63) is 58.7 Å².